The lowest BCUT2D eigenvalue weighted by molar-refractivity contribution is 0.366. The summed E-state index contributed by atoms with van der Waals surface area (Å²) in [6.07, 6.45) is 4.89. The molecule has 1 unspecified atom stereocenters. The highest BCUT2D eigenvalue weighted by molar-refractivity contribution is 7.91. The summed E-state index contributed by atoms with van der Waals surface area (Å²) < 4.78 is 18.3. The molecule has 0 aromatic carbocycles. The van der Waals surface area contributed by atoms with Gasteiger partial charge in [0.1, 0.15) is 0 Å². The van der Waals surface area contributed by atoms with E-state index in [2.05, 4.69) is 5.32 Å². The smallest absolute Gasteiger partial charge is 0.0412 e. The molecule has 1 aliphatic heterocycles. The molecule has 1 saturated heterocycles. The predicted molar refractivity (Wildman–Crippen MR) is 51.9 cm³/mol. The first kappa shape index (κ1) is 9.99. The van der Waals surface area contributed by atoms with Crippen LogP contribution in [0.15, 0.2) is 0 Å². The monoisotopic (exact) mass is 190 g/mol. The van der Waals surface area contributed by atoms with Crippen molar-refractivity contribution in [3.63, 3.8) is 0 Å². The molecule has 1 rings (SSSR count). The Labute approximate surface area is 74.9 Å². The Morgan fingerprint density at radius 3 is 2.58 bits per heavy atom. The highest BCUT2D eigenvalue weighted by Gasteiger charge is 2.13. The van der Waals surface area contributed by atoms with Gasteiger partial charge in [-0.25, -0.2) is 0 Å². The van der Waals surface area contributed by atoms with Gasteiger partial charge in [-0.1, -0.05) is 0 Å². The summed E-state index contributed by atoms with van der Waals surface area (Å²) in [7, 11) is -2.24. The van der Waals surface area contributed by atoms with Crippen LogP contribution in [-0.4, -0.2) is 29.3 Å². The van der Waals surface area contributed by atoms with Gasteiger partial charge >= 0.3 is 0 Å². The van der Waals surface area contributed by atoms with Crippen LogP contribution in [0.2, 0.25) is 0 Å². The van der Waals surface area contributed by atoms with Crippen LogP contribution in [0.5, 0.6) is 0 Å². The summed E-state index contributed by atoms with van der Waals surface area (Å²) in [5.74, 6) is 1.29. The van der Waals surface area contributed by atoms with Crippen LogP contribution >= 0.6 is 0 Å². The Bertz CT molecular complexity index is 217. The molecule has 3 nitrogen and oxygen atoms in total. The molecule has 1 heterocycles. The van der Waals surface area contributed by atoms with E-state index in [0.717, 1.165) is 19.5 Å². The fourth-order valence-corrected chi connectivity index (χ4v) is 2.35. The molecular weight excluding hydrogens is 172 g/mol. The van der Waals surface area contributed by atoms with Gasteiger partial charge in [-0.05, 0) is 38.3 Å². The minimum atomic E-state index is -2.24. The molecule has 1 aliphatic rings. The van der Waals surface area contributed by atoms with E-state index in [1.165, 1.54) is 19.1 Å². The van der Waals surface area contributed by atoms with Crippen LogP contribution in [0.25, 0.3) is 0 Å². The molecule has 0 radical (unpaired) electrons. The largest absolute Gasteiger partial charge is 0.317 e. The molecule has 1 fully saturated rings. The minimum absolute atomic E-state index is 0.581. The number of nitrogens with one attached hydrogen (secondary N) is 2. The van der Waals surface area contributed by atoms with Crippen LogP contribution in [-0.2, 0) is 9.73 Å². The van der Waals surface area contributed by atoms with Crippen molar-refractivity contribution in [3.05, 3.63) is 0 Å². The molecule has 1 atom stereocenters. The van der Waals surface area contributed by atoms with Gasteiger partial charge < -0.3 is 5.32 Å². The van der Waals surface area contributed by atoms with E-state index < -0.39 is 9.73 Å². The summed E-state index contributed by atoms with van der Waals surface area (Å²) in [5, 5.41) is 3.29. The number of hydrogen-bond acceptors (Lipinski definition) is 3. The van der Waals surface area contributed by atoms with Gasteiger partial charge in [-0.2, -0.15) is 0 Å². The molecule has 0 bridgehead atoms. The van der Waals surface area contributed by atoms with Crippen molar-refractivity contribution < 1.29 is 4.21 Å². The normalized spacial score (nSPS) is 25.1. The van der Waals surface area contributed by atoms with Crippen molar-refractivity contribution in [3.8, 4) is 0 Å². The zero-order valence-electron chi connectivity index (χ0n) is 7.64. The first-order chi connectivity index (χ1) is 5.58. The molecule has 0 amide bonds. The molecule has 0 aromatic heterocycles. The van der Waals surface area contributed by atoms with Gasteiger partial charge in [0.2, 0.25) is 0 Å². The van der Waals surface area contributed by atoms with Gasteiger partial charge in [-0.3, -0.25) is 8.99 Å². The fraction of sp³-hybridized carbons (Fsp3) is 1.00. The topological polar surface area (TPSA) is 53.0 Å². The van der Waals surface area contributed by atoms with Crippen LogP contribution in [0, 0.1) is 10.7 Å². The van der Waals surface area contributed by atoms with E-state index in [9.17, 15) is 4.21 Å². The van der Waals surface area contributed by atoms with Gasteiger partial charge in [0.05, 0.1) is 0 Å². The second-order valence-corrected chi connectivity index (χ2v) is 6.11. The van der Waals surface area contributed by atoms with Crippen LogP contribution in [0.1, 0.15) is 19.3 Å². The third-order valence-electron chi connectivity index (χ3n) is 2.37. The average molecular weight is 190 g/mol. The van der Waals surface area contributed by atoms with Crippen molar-refractivity contribution in [2.45, 2.75) is 19.3 Å². The summed E-state index contributed by atoms with van der Waals surface area (Å²) in [5.41, 5.74) is 0. The molecular formula is C8H18N2OS. The van der Waals surface area contributed by atoms with Gasteiger partial charge in [-0.15, -0.1) is 0 Å². The highest BCUT2D eigenvalue weighted by Crippen LogP contribution is 2.16. The quantitative estimate of drug-likeness (QED) is 0.699. The zero-order chi connectivity index (χ0) is 9.03. The van der Waals surface area contributed by atoms with Gasteiger partial charge in [0.25, 0.3) is 0 Å². The lowest BCUT2D eigenvalue weighted by Gasteiger charge is -2.22. The maximum atomic E-state index is 11.1. The van der Waals surface area contributed by atoms with E-state index in [4.69, 9.17) is 4.78 Å². The summed E-state index contributed by atoms with van der Waals surface area (Å²) in [6.45, 7) is 2.18. The molecule has 0 saturated carbocycles. The van der Waals surface area contributed by atoms with Crippen LogP contribution < -0.4 is 5.32 Å². The Morgan fingerprint density at radius 2 is 2.08 bits per heavy atom. The minimum Gasteiger partial charge on any atom is -0.317 e. The Kier molecular flexibility index (Phi) is 3.53. The third kappa shape index (κ3) is 4.07. The second-order valence-electron chi connectivity index (χ2n) is 3.69. The maximum Gasteiger partial charge on any atom is 0.0412 e. The lowest BCUT2D eigenvalue weighted by Crippen LogP contribution is -2.28. The predicted octanol–water partition coefficient (Wildman–Crippen LogP) is 1.05. The van der Waals surface area contributed by atoms with E-state index >= 15 is 0 Å². The van der Waals surface area contributed by atoms with E-state index in [1.54, 1.807) is 0 Å². The molecule has 0 aliphatic carbocycles. The van der Waals surface area contributed by atoms with E-state index in [1.807, 2.05) is 0 Å². The van der Waals surface area contributed by atoms with Crippen molar-refractivity contribution in [1.29, 1.82) is 4.78 Å². The molecule has 4 heteroatoms. The van der Waals surface area contributed by atoms with Crippen molar-refractivity contribution in [1.82, 2.24) is 5.32 Å². The van der Waals surface area contributed by atoms with Gasteiger partial charge in [0.15, 0.2) is 0 Å². The Morgan fingerprint density at radius 1 is 1.50 bits per heavy atom. The van der Waals surface area contributed by atoms with Crippen molar-refractivity contribution in [2.75, 3.05) is 25.1 Å². The Hall–Kier alpha value is -0.0900. The SMILES string of the molecule is CS(=N)(=O)CCC1CCNCC1. The van der Waals surface area contributed by atoms with E-state index in [-0.39, 0.29) is 0 Å². The summed E-state index contributed by atoms with van der Waals surface area (Å²) in [6, 6.07) is 0. The zero-order valence-corrected chi connectivity index (χ0v) is 8.45. The number of piperidine rings is 1. The first-order valence-corrected chi connectivity index (χ1v) is 6.63. The van der Waals surface area contributed by atoms with Crippen molar-refractivity contribution in [2.24, 2.45) is 5.92 Å². The maximum absolute atomic E-state index is 11.1. The summed E-state index contributed by atoms with van der Waals surface area (Å²) in [4.78, 5) is 0. The first-order valence-electron chi connectivity index (χ1n) is 4.50. The average Bonchev–Trinajstić information content (AvgIpc) is 2.02. The molecule has 72 valence electrons. The van der Waals surface area contributed by atoms with Crippen molar-refractivity contribution >= 4 is 9.73 Å². The molecule has 12 heavy (non-hydrogen) atoms. The molecule has 2 N–H and O–H groups in total. The van der Waals surface area contributed by atoms with Crippen LogP contribution in [0.4, 0.5) is 0 Å². The number of hydrogen-bond donors (Lipinski definition) is 2. The third-order valence-corrected chi connectivity index (χ3v) is 3.39. The number of rotatable bonds is 3. The standard InChI is InChI=1S/C8H18N2OS/c1-12(9,11)7-4-8-2-5-10-6-3-8/h8-10H,2-7H2,1H3. The molecule has 0 spiro atoms. The second kappa shape index (κ2) is 4.23. The summed E-state index contributed by atoms with van der Waals surface area (Å²) >= 11 is 0. The Balaban J connectivity index is 2.22. The lowest BCUT2D eigenvalue weighted by atomic mass is 9.96. The highest BCUT2D eigenvalue weighted by atomic mass is 32.2. The van der Waals surface area contributed by atoms with E-state index in [0.29, 0.717) is 11.7 Å². The van der Waals surface area contributed by atoms with Gasteiger partial charge in [0, 0.05) is 21.7 Å². The fourth-order valence-electron chi connectivity index (χ4n) is 1.56. The molecule has 0 aromatic rings. The van der Waals surface area contributed by atoms with Crippen LogP contribution in [0.3, 0.4) is 0 Å².